The zero-order chi connectivity index (χ0) is 17.3. The quantitative estimate of drug-likeness (QED) is 0.766. The molecule has 2 aliphatic rings. The maximum Gasteiger partial charge on any atom is 0.0625 e. The molecule has 0 aliphatic carbocycles. The summed E-state index contributed by atoms with van der Waals surface area (Å²) in [7, 11) is 0. The first-order chi connectivity index (χ1) is 10.6. The van der Waals surface area contributed by atoms with Crippen LogP contribution in [0.1, 0.15) is 67.2 Å². The van der Waals surface area contributed by atoms with Crippen molar-refractivity contribution in [2.75, 3.05) is 26.2 Å². The van der Waals surface area contributed by atoms with Gasteiger partial charge in [-0.2, -0.15) is 5.26 Å². The summed E-state index contributed by atoms with van der Waals surface area (Å²) in [6.45, 7) is 18.8. The molecule has 23 heavy (non-hydrogen) atoms. The Labute approximate surface area is 144 Å². The van der Waals surface area contributed by atoms with Crippen LogP contribution in [0.25, 0.3) is 0 Å². The highest BCUT2D eigenvalue weighted by Crippen LogP contribution is 2.40. The second kappa shape index (κ2) is 7.11. The van der Waals surface area contributed by atoms with Gasteiger partial charge >= 0.3 is 0 Å². The van der Waals surface area contributed by atoms with Crippen LogP contribution in [0.3, 0.4) is 0 Å². The van der Waals surface area contributed by atoms with Crippen LogP contribution < -0.4 is 0 Å². The monoisotopic (exact) mass is 319 g/mol. The number of hydrogen-bond donors (Lipinski definition) is 0. The molecule has 0 aromatic rings. The zero-order valence-corrected chi connectivity index (χ0v) is 16.2. The minimum Gasteiger partial charge on any atom is -0.300 e. The van der Waals surface area contributed by atoms with E-state index in [1.807, 2.05) is 0 Å². The molecule has 2 saturated heterocycles. The molecule has 0 N–H and O–H groups in total. The van der Waals surface area contributed by atoms with Crippen LogP contribution in [-0.4, -0.2) is 47.6 Å². The third kappa shape index (κ3) is 4.70. The van der Waals surface area contributed by atoms with E-state index in [4.69, 9.17) is 0 Å². The van der Waals surface area contributed by atoms with Crippen molar-refractivity contribution < 1.29 is 0 Å². The molecule has 3 nitrogen and oxygen atoms in total. The largest absolute Gasteiger partial charge is 0.300 e. The maximum absolute atomic E-state index is 9.25. The summed E-state index contributed by atoms with van der Waals surface area (Å²) in [6, 6.07) is 3.19. The Morgan fingerprint density at radius 3 is 2.04 bits per heavy atom. The highest BCUT2D eigenvalue weighted by Gasteiger charge is 2.39. The molecule has 0 bridgehead atoms. The molecule has 0 saturated carbocycles. The Hall–Kier alpha value is -0.590. The summed E-state index contributed by atoms with van der Waals surface area (Å²) in [5, 5.41) is 9.25. The average molecular weight is 320 g/mol. The Morgan fingerprint density at radius 2 is 1.57 bits per heavy atom. The molecular weight excluding hydrogens is 282 g/mol. The molecule has 132 valence electrons. The van der Waals surface area contributed by atoms with Gasteiger partial charge in [-0.25, -0.2) is 0 Å². The van der Waals surface area contributed by atoms with Crippen molar-refractivity contribution in [2.24, 2.45) is 17.3 Å². The lowest BCUT2D eigenvalue weighted by atomic mass is 9.68. The molecule has 2 heterocycles. The van der Waals surface area contributed by atoms with E-state index in [-0.39, 0.29) is 0 Å². The first-order valence-electron chi connectivity index (χ1n) is 9.49. The lowest BCUT2D eigenvalue weighted by molar-refractivity contribution is 0.000305. The number of rotatable bonds is 2. The van der Waals surface area contributed by atoms with Crippen LogP contribution >= 0.6 is 0 Å². The normalized spacial score (nSPS) is 29.4. The summed E-state index contributed by atoms with van der Waals surface area (Å²) in [5.74, 6) is 1.24. The van der Waals surface area contributed by atoms with Gasteiger partial charge in [-0.3, -0.25) is 9.80 Å². The van der Waals surface area contributed by atoms with Crippen LogP contribution in [-0.2, 0) is 0 Å². The van der Waals surface area contributed by atoms with Gasteiger partial charge in [0.1, 0.15) is 0 Å². The molecule has 2 fully saturated rings. The van der Waals surface area contributed by atoms with Crippen LogP contribution in [0.15, 0.2) is 0 Å². The Kier molecular flexibility index (Phi) is 5.80. The Morgan fingerprint density at radius 1 is 0.957 bits per heavy atom. The van der Waals surface area contributed by atoms with E-state index in [0.29, 0.717) is 22.8 Å². The number of likely N-dealkylation sites (tertiary alicyclic amines) is 2. The van der Waals surface area contributed by atoms with Gasteiger partial charge in [0.05, 0.1) is 6.07 Å². The fraction of sp³-hybridized carbons (Fsp3) is 0.950. The van der Waals surface area contributed by atoms with Crippen LogP contribution in [0.4, 0.5) is 0 Å². The number of piperidine rings is 2. The van der Waals surface area contributed by atoms with Crippen molar-refractivity contribution in [1.82, 2.24) is 9.80 Å². The SMILES string of the molecule is CC(C)(C)C1CCN(C2CCN(C(C)(C)C)CC2)CC1CC#N. The maximum atomic E-state index is 9.25. The number of nitrogens with zero attached hydrogens (tertiary/aromatic N) is 3. The van der Waals surface area contributed by atoms with E-state index in [1.165, 1.54) is 38.9 Å². The van der Waals surface area contributed by atoms with Crippen LogP contribution in [0, 0.1) is 28.6 Å². The lowest BCUT2D eigenvalue weighted by Gasteiger charge is -2.49. The van der Waals surface area contributed by atoms with Gasteiger partial charge in [0.15, 0.2) is 0 Å². The van der Waals surface area contributed by atoms with E-state index in [1.54, 1.807) is 0 Å². The minimum atomic E-state index is 0.299. The van der Waals surface area contributed by atoms with Crippen molar-refractivity contribution >= 4 is 0 Å². The van der Waals surface area contributed by atoms with Gasteiger partial charge in [0.25, 0.3) is 0 Å². The second-order valence-corrected chi connectivity index (χ2v) is 9.77. The number of nitriles is 1. The molecule has 0 aromatic heterocycles. The third-order valence-corrected chi connectivity index (χ3v) is 6.16. The smallest absolute Gasteiger partial charge is 0.0625 e. The fourth-order valence-corrected chi connectivity index (χ4v) is 4.76. The summed E-state index contributed by atoms with van der Waals surface area (Å²) >= 11 is 0. The van der Waals surface area contributed by atoms with Gasteiger partial charge < -0.3 is 0 Å². The third-order valence-electron chi connectivity index (χ3n) is 6.16. The predicted octanol–water partition coefficient (Wildman–Crippen LogP) is 4.15. The van der Waals surface area contributed by atoms with E-state index in [9.17, 15) is 5.26 Å². The molecule has 2 aliphatic heterocycles. The van der Waals surface area contributed by atoms with Crippen LogP contribution in [0.5, 0.6) is 0 Å². The topological polar surface area (TPSA) is 30.3 Å². The van der Waals surface area contributed by atoms with Crippen molar-refractivity contribution in [1.29, 1.82) is 5.26 Å². The molecule has 2 rings (SSSR count). The molecule has 0 spiro atoms. The van der Waals surface area contributed by atoms with Gasteiger partial charge in [0, 0.05) is 37.6 Å². The molecular formula is C20H37N3. The summed E-state index contributed by atoms with van der Waals surface area (Å²) in [5.41, 5.74) is 0.622. The lowest BCUT2D eigenvalue weighted by Crippen LogP contribution is -2.54. The van der Waals surface area contributed by atoms with E-state index in [2.05, 4.69) is 57.4 Å². The summed E-state index contributed by atoms with van der Waals surface area (Å²) in [6.07, 6.45) is 4.56. The van der Waals surface area contributed by atoms with E-state index in [0.717, 1.165) is 19.0 Å². The first-order valence-corrected chi connectivity index (χ1v) is 9.49. The number of hydrogen-bond acceptors (Lipinski definition) is 3. The standard InChI is InChI=1S/C20H37N3/c1-19(2,3)18-10-12-22(15-16(18)7-11-21)17-8-13-23(14-9-17)20(4,5)6/h16-18H,7-10,12-15H2,1-6H3. The minimum absolute atomic E-state index is 0.299. The molecule has 0 radical (unpaired) electrons. The summed E-state index contributed by atoms with van der Waals surface area (Å²) in [4.78, 5) is 5.34. The molecule has 2 atom stereocenters. The van der Waals surface area contributed by atoms with Crippen molar-refractivity contribution in [3.05, 3.63) is 0 Å². The fourth-order valence-electron chi connectivity index (χ4n) is 4.76. The van der Waals surface area contributed by atoms with Gasteiger partial charge in [-0.1, -0.05) is 20.8 Å². The van der Waals surface area contributed by atoms with Crippen molar-refractivity contribution in [3.63, 3.8) is 0 Å². The van der Waals surface area contributed by atoms with E-state index < -0.39 is 0 Å². The van der Waals surface area contributed by atoms with Crippen molar-refractivity contribution in [2.45, 2.75) is 78.8 Å². The van der Waals surface area contributed by atoms with E-state index >= 15 is 0 Å². The van der Waals surface area contributed by atoms with Gasteiger partial charge in [-0.15, -0.1) is 0 Å². The Balaban J connectivity index is 1.95. The molecule has 0 aromatic carbocycles. The highest BCUT2D eigenvalue weighted by atomic mass is 15.2. The molecule has 0 amide bonds. The first kappa shape index (κ1) is 18.7. The summed E-state index contributed by atoms with van der Waals surface area (Å²) < 4.78 is 0. The van der Waals surface area contributed by atoms with Gasteiger partial charge in [-0.05, 0) is 63.8 Å². The second-order valence-electron chi connectivity index (χ2n) is 9.77. The zero-order valence-electron chi connectivity index (χ0n) is 16.2. The molecule has 2 unspecified atom stereocenters. The predicted molar refractivity (Wildman–Crippen MR) is 97.2 cm³/mol. The Bertz CT molecular complexity index is 416. The highest BCUT2D eigenvalue weighted by molar-refractivity contribution is 4.94. The van der Waals surface area contributed by atoms with Gasteiger partial charge in [0.2, 0.25) is 0 Å². The average Bonchev–Trinajstić information content (AvgIpc) is 2.45. The van der Waals surface area contributed by atoms with Crippen molar-refractivity contribution in [3.8, 4) is 6.07 Å². The van der Waals surface area contributed by atoms with Crippen LogP contribution in [0.2, 0.25) is 0 Å². The molecule has 3 heteroatoms.